The lowest BCUT2D eigenvalue weighted by molar-refractivity contribution is -0.136. The summed E-state index contributed by atoms with van der Waals surface area (Å²) in [6.07, 6.45) is 6.50. The maximum Gasteiger partial charge on any atom is 0.271 e. The van der Waals surface area contributed by atoms with Crippen LogP contribution in [0.5, 0.6) is 11.6 Å². The molecule has 2 aromatic heterocycles. The van der Waals surface area contributed by atoms with Crippen LogP contribution in [0.4, 0.5) is 10.1 Å². The zero-order chi connectivity index (χ0) is 45.1. The number of nitrogens with zero attached hydrogens (tertiary/aromatic N) is 4. The number of hydrogen-bond acceptors (Lipinski definition) is 13. The quantitative estimate of drug-likeness (QED) is 0.104. The topological polar surface area (TPSA) is 224 Å². The van der Waals surface area contributed by atoms with Crippen LogP contribution in [0.3, 0.4) is 0 Å². The number of imide groups is 2. The third-order valence-electron chi connectivity index (χ3n) is 13.1. The molecule has 0 spiro atoms. The number of methoxy groups -OCH3 is 1. The molecule has 64 heavy (non-hydrogen) atoms. The maximum atomic E-state index is 14.4. The van der Waals surface area contributed by atoms with E-state index in [0.717, 1.165) is 63.1 Å². The number of nitrogens with one attached hydrogen (secondary N) is 3. The second-order valence-electron chi connectivity index (χ2n) is 17.1. The molecule has 3 aromatic rings. The van der Waals surface area contributed by atoms with E-state index in [4.69, 9.17) is 19.9 Å². The van der Waals surface area contributed by atoms with Gasteiger partial charge < -0.3 is 35.5 Å². The summed E-state index contributed by atoms with van der Waals surface area (Å²) in [5, 5.41) is 8.59. The van der Waals surface area contributed by atoms with Crippen molar-refractivity contribution in [2.45, 2.75) is 89.1 Å². The van der Waals surface area contributed by atoms with Crippen LogP contribution < -0.4 is 31.2 Å². The Morgan fingerprint density at radius 2 is 1.81 bits per heavy atom. The van der Waals surface area contributed by atoms with Gasteiger partial charge in [-0.05, 0) is 75.5 Å². The predicted octanol–water partition coefficient (Wildman–Crippen LogP) is 3.13. The van der Waals surface area contributed by atoms with Gasteiger partial charge in [-0.15, -0.1) is 0 Å². The first-order valence-corrected chi connectivity index (χ1v) is 22.1. The molecule has 5 N–H and O–H groups in total. The van der Waals surface area contributed by atoms with Gasteiger partial charge in [0.15, 0.2) is 17.6 Å². The number of pyridine rings is 2. The molecule has 18 heteroatoms. The third kappa shape index (κ3) is 9.23. The highest BCUT2D eigenvalue weighted by Crippen LogP contribution is 2.35. The van der Waals surface area contributed by atoms with Crippen LogP contribution in [0, 0.1) is 29.6 Å². The summed E-state index contributed by atoms with van der Waals surface area (Å²) < 4.78 is 32.1. The van der Waals surface area contributed by atoms with E-state index >= 15 is 0 Å². The van der Waals surface area contributed by atoms with Crippen molar-refractivity contribution in [1.29, 1.82) is 0 Å². The molecule has 1 aromatic carbocycles. The van der Waals surface area contributed by atoms with Crippen molar-refractivity contribution < 1.29 is 47.4 Å². The SMILES string of the molecule is CCC1C(COc2ncc(C#CC3CCC(CN4CCC(OCCNc5cccc6c5C(=O)N(C5CCC(=O)NC5=O)C6=O)CC4)CC3)c3nc(C(N)=O)c(OC)cc23)NC(=O)[C@H]1F. The van der Waals surface area contributed by atoms with E-state index in [9.17, 15) is 33.2 Å². The van der Waals surface area contributed by atoms with Crippen molar-refractivity contribution >= 4 is 52.0 Å². The lowest BCUT2D eigenvalue weighted by atomic mass is 9.81. The Morgan fingerprint density at radius 1 is 1.03 bits per heavy atom. The number of carbonyl (C=O) groups is 6. The van der Waals surface area contributed by atoms with Crippen molar-refractivity contribution in [2.75, 3.05) is 51.8 Å². The summed E-state index contributed by atoms with van der Waals surface area (Å²) in [6.45, 7) is 5.56. The maximum absolute atomic E-state index is 14.4. The number of ether oxygens (including phenoxy) is 3. The standard InChI is InChI=1S/C46H53FN8O9/c1-3-29-33(51-43(59)38(29)47)24-64-44-31-21-35(62-2)40(41(48)57)53-39(31)27(22-50-44)12-11-25-7-9-26(10-8-25)23-54-18-15-28(16-19-54)63-20-17-49-32-6-4-5-30-37(32)46(61)55(45(30)60)34-13-14-36(56)52-42(34)58/h4-6,21-22,25-26,28-29,33-34,38,49H,3,7-10,13-20,23-24H2,1-2H3,(H2,48,57)(H,51,59)(H,52,56,58)/t25?,26?,29?,33?,34?,38-/m0/s1. The van der Waals surface area contributed by atoms with Crippen LogP contribution in [0.2, 0.25) is 0 Å². The minimum atomic E-state index is -1.60. The lowest BCUT2D eigenvalue weighted by Crippen LogP contribution is -2.54. The van der Waals surface area contributed by atoms with E-state index in [1.807, 2.05) is 6.92 Å². The Morgan fingerprint density at radius 3 is 2.53 bits per heavy atom. The van der Waals surface area contributed by atoms with Gasteiger partial charge in [0.2, 0.25) is 17.7 Å². The summed E-state index contributed by atoms with van der Waals surface area (Å²) >= 11 is 0. The summed E-state index contributed by atoms with van der Waals surface area (Å²) in [6, 6.07) is 5.04. The van der Waals surface area contributed by atoms with E-state index < -0.39 is 59.6 Å². The number of carbonyl (C=O) groups excluding carboxylic acids is 6. The first-order chi connectivity index (χ1) is 30.9. The van der Waals surface area contributed by atoms with E-state index in [1.165, 1.54) is 7.11 Å². The molecule has 1 saturated carbocycles. The Hall–Kier alpha value is -6.19. The number of benzene rings is 1. The molecule has 1 aliphatic carbocycles. The molecule has 8 rings (SSSR count). The molecule has 4 fully saturated rings. The molecule has 0 bridgehead atoms. The normalized spacial score (nSPS) is 25.1. The Bertz CT molecular complexity index is 2400. The summed E-state index contributed by atoms with van der Waals surface area (Å²) in [5.74, 6) is 3.68. The molecule has 17 nitrogen and oxygen atoms in total. The number of piperidine rings is 2. The number of amides is 6. The highest BCUT2D eigenvalue weighted by molar-refractivity contribution is 6.25. The Kier molecular flexibility index (Phi) is 13.4. The van der Waals surface area contributed by atoms with Gasteiger partial charge in [-0.1, -0.05) is 24.8 Å². The number of hydrogen-bond donors (Lipinski definition) is 4. The fourth-order valence-electron chi connectivity index (χ4n) is 9.62. The molecule has 5 aliphatic rings. The molecular weight excluding hydrogens is 828 g/mol. The molecule has 338 valence electrons. The highest BCUT2D eigenvalue weighted by atomic mass is 19.1. The van der Waals surface area contributed by atoms with Gasteiger partial charge in [-0.2, -0.15) is 0 Å². The van der Waals surface area contributed by atoms with Gasteiger partial charge >= 0.3 is 0 Å². The number of rotatable bonds is 14. The van der Waals surface area contributed by atoms with Gasteiger partial charge in [0.05, 0.1) is 53.5 Å². The van der Waals surface area contributed by atoms with E-state index in [0.29, 0.717) is 47.6 Å². The van der Waals surface area contributed by atoms with Gasteiger partial charge in [-0.25, -0.2) is 14.4 Å². The van der Waals surface area contributed by atoms with Crippen LogP contribution in [-0.4, -0.2) is 126 Å². The van der Waals surface area contributed by atoms with Crippen molar-refractivity contribution in [1.82, 2.24) is 30.4 Å². The minimum absolute atomic E-state index is 0.00427. The van der Waals surface area contributed by atoms with Crippen LogP contribution in [0.25, 0.3) is 10.9 Å². The van der Waals surface area contributed by atoms with E-state index in [2.05, 4.69) is 42.7 Å². The molecule has 6 heterocycles. The van der Waals surface area contributed by atoms with Crippen molar-refractivity contribution in [2.24, 2.45) is 23.5 Å². The number of halogens is 1. The largest absolute Gasteiger partial charge is 0.494 e. The second kappa shape index (κ2) is 19.3. The van der Waals surface area contributed by atoms with Crippen LogP contribution in [-0.2, 0) is 19.1 Å². The summed E-state index contributed by atoms with van der Waals surface area (Å²) in [7, 11) is 1.40. The van der Waals surface area contributed by atoms with Crippen LogP contribution in [0.1, 0.15) is 101 Å². The molecule has 3 saturated heterocycles. The molecule has 4 aliphatic heterocycles. The second-order valence-corrected chi connectivity index (χ2v) is 17.1. The number of likely N-dealkylation sites (tertiary alicyclic amines) is 1. The zero-order valence-corrected chi connectivity index (χ0v) is 36.0. The van der Waals surface area contributed by atoms with Crippen molar-refractivity contribution in [3.05, 3.63) is 52.8 Å². The minimum Gasteiger partial charge on any atom is -0.494 e. The van der Waals surface area contributed by atoms with Crippen molar-refractivity contribution in [3.8, 4) is 23.5 Å². The predicted molar refractivity (Wildman–Crippen MR) is 230 cm³/mol. The zero-order valence-electron chi connectivity index (χ0n) is 36.0. The van der Waals surface area contributed by atoms with E-state index in [-0.39, 0.29) is 59.9 Å². The number of fused-ring (bicyclic) bond motifs is 2. The number of anilines is 1. The first-order valence-electron chi connectivity index (χ1n) is 22.1. The summed E-state index contributed by atoms with van der Waals surface area (Å²) in [5.41, 5.74) is 7.45. The smallest absolute Gasteiger partial charge is 0.271 e. The first kappa shape index (κ1) is 44.4. The number of nitrogens with two attached hydrogens (primary N) is 1. The monoisotopic (exact) mass is 880 g/mol. The van der Waals surface area contributed by atoms with Crippen LogP contribution in [0.15, 0.2) is 30.5 Å². The Labute approximate surface area is 369 Å². The average molecular weight is 881 g/mol. The van der Waals surface area contributed by atoms with E-state index in [1.54, 1.807) is 30.5 Å². The van der Waals surface area contributed by atoms with Gasteiger partial charge in [0.1, 0.15) is 12.6 Å². The average Bonchev–Trinajstić information content (AvgIpc) is 3.72. The van der Waals surface area contributed by atoms with Gasteiger partial charge in [0, 0.05) is 56.3 Å². The summed E-state index contributed by atoms with van der Waals surface area (Å²) in [4.78, 5) is 87.5. The third-order valence-corrected chi connectivity index (χ3v) is 13.1. The Balaban J connectivity index is 0.798. The molecular formula is C46H53FN8O9. The molecule has 3 unspecified atom stereocenters. The number of alkyl halides is 1. The van der Waals surface area contributed by atoms with Gasteiger partial charge in [0.25, 0.3) is 23.6 Å². The molecule has 0 radical (unpaired) electrons. The number of primary amides is 1. The van der Waals surface area contributed by atoms with Crippen molar-refractivity contribution in [3.63, 3.8) is 0 Å². The number of aromatic nitrogens is 2. The van der Waals surface area contributed by atoms with Gasteiger partial charge in [-0.3, -0.25) is 39.0 Å². The molecule has 6 amide bonds. The fraction of sp³-hybridized carbons (Fsp3) is 0.522. The fourth-order valence-corrected chi connectivity index (χ4v) is 9.62. The molecule has 4 atom stereocenters. The van der Waals surface area contributed by atoms with Crippen LogP contribution >= 0.6 is 0 Å². The lowest BCUT2D eigenvalue weighted by Gasteiger charge is -2.36. The highest BCUT2D eigenvalue weighted by Gasteiger charge is 2.46.